The summed E-state index contributed by atoms with van der Waals surface area (Å²) in [4.78, 5) is 23.8. The van der Waals surface area contributed by atoms with Gasteiger partial charge in [0, 0.05) is 19.7 Å². The number of likely N-dealkylation sites (N-methyl/N-ethyl adjacent to an activating group) is 1. The molecule has 0 amide bonds. The lowest BCUT2D eigenvalue weighted by atomic mass is 10.2. The maximum Gasteiger partial charge on any atom is 0.186 e. The predicted octanol–water partition coefficient (Wildman–Crippen LogP) is 0.364. The van der Waals surface area contributed by atoms with E-state index >= 15 is 0 Å². The van der Waals surface area contributed by atoms with Gasteiger partial charge in [0.15, 0.2) is 11.6 Å². The molecule has 0 bridgehead atoms. The van der Waals surface area contributed by atoms with Crippen LogP contribution in [0.2, 0.25) is 0 Å². The average molecular weight is 153 g/mol. The van der Waals surface area contributed by atoms with E-state index in [0.717, 1.165) is 0 Å². The van der Waals surface area contributed by atoms with Crippen LogP contribution >= 0.6 is 0 Å². The summed E-state index contributed by atoms with van der Waals surface area (Å²) >= 11 is 0. The van der Waals surface area contributed by atoms with Crippen LogP contribution < -0.4 is 0 Å². The molecule has 0 saturated heterocycles. The average Bonchev–Trinajstić information content (AvgIpc) is 2.07. The summed E-state index contributed by atoms with van der Waals surface area (Å²) in [5.74, 6) is -0.101. The molecule has 0 N–H and O–H groups in total. The molecule has 0 aromatic carbocycles. The van der Waals surface area contributed by atoms with Crippen molar-refractivity contribution in [2.75, 3.05) is 14.1 Å². The molecule has 3 nitrogen and oxygen atoms in total. The molecular formula is C8H11NO2. The number of rotatable bonds is 1. The third-order valence-corrected chi connectivity index (χ3v) is 1.81. The van der Waals surface area contributed by atoms with Gasteiger partial charge in [-0.2, -0.15) is 0 Å². The first-order valence-corrected chi connectivity index (χ1v) is 3.48. The van der Waals surface area contributed by atoms with Crippen LogP contribution in [0, 0.1) is 0 Å². The van der Waals surface area contributed by atoms with E-state index in [9.17, 15) is 9.59 Å². The molecule has 0 aromatic heterocycles. The number of hydrogen-bond acceptors (Lipinski definition) is 3. The second kappa shape index (κ2) is 2.49. The quantitative estimate of drug-likeness (QED) is 0.510. The molecule has 0 aliphatic heterocycles. The number of carbonyl (C=O) groups excluding carboxylic acids is 2. The van der Waals surface area contributed by atoms with E-state index in [2.05, 4.69) is 0 Å². The monoisotopic (exact) mass is 153 g/mol. The summed E-state index contributed by atoms with van der Waals surface area (Å²) in [5.41, 5.74) is 1.16. The Morgan fingerprint density at radius 3 is 1.91 bits per heavy atom. The van der Waals surface area contributed by atoms with Gasteiger partial charge < -0.3 is 4.90 Å². The Labute approximate surface area is 65.7 Å². The first-order valence-electron chi connectivity index (χ1n) is 3.48. The molecule has 0 aromatic rings. The number of nitrogens with zero attached hydrogens (tertiary/aromatic N) is 1. The summed E-state index contributed by atoms with van der Waals surface area (Å²) in [7, 11) is 3.55. The highest BCUT2D eigenvalue weighted by Gasteiger charge is 2.28. The highest BCUT2D eigenvalue weighted by molar-refractivity contribution is 6.21. The van der Waals surface area contributed by atoms with Crippen molar-refractivity contribution >= 4 is 11.6 Å². The van der Waals surface area contributed by atoms with E-state index < -0.39 is 0 Å². The molecule has 0 heterocycles. The zero-order valence-corrected chi connectivity index (χ0v) is 6.97. The Kier molecular flexibility index (Phi) is 1.81. The minimum Gasteiger partial charge on any atom is -0.374 e. The van der Waals surface area contributed by atoms with E-state index in [-0.39, 0.29) is 18.0 Å². The third-order valence-electron chi connectivity index (χ3n) is 1.81. The predicted molar refractivity (Wildman–Crippen MR) is 41.0 cm³/mol. The van der Waals surface area contributed by atoms with Crippen molar-refractivity contribution in [2.24, 2.45) is 0 Å². The van der Waals surface area contributed by atoms with Gasteiger partial charge in [-0.3, -0.25) is 9.59 Å². The van der Waals surface area contributed by atoms with Gasteiger partial charge in [0.25, 0.3) is 0 Å². The van der Waals surface area contributed by atoms with Crippen LogP contribution in [0.4, 0.5) is 0 Å². The van der Waals surface area contributed by atoms with Gasteiger partial charge in [0.1, 0.15) is 0 Å². The van der Waals surface area contributed by atoms with Crippen molar-refractivity contribution < 1.29 is 9.59 Å². The largest absolute Gasteiger partial charge is 0.374 e. The topological polar surface area (TPSA) is 37.4 Å². The van der Waals surface area contributed by atoms with Crippen molar-refractivity contribution in [1.29, 1.82) is 0 Å². The Morgan fingerprint density at radius 2 is 1.73 bits per heavy atom. The van der Waals surface area contributed by atoms with Crippen molar-refractivity contribution in [2.45, 2.75) is 13.3 Å². The zero-order chi connectivity index (χ0) is 8.59. The molecule has 1 aliphatic rings. The van der Waals surface area contributed by atoms with Crippen molar-refractivity contribution in [3.63, 3.8) is 0 Å². The number of hydrogen-bond donors (Lipinski definition) is 0. The molecule has 1 aliphatic carbocycles. The minimum absolute atomic E-state index is 0.0429. The van der Waals surface area contributed by atoms with Crippen LogP contribution in [-0.4, -0.2) is 30.6 Å². The Balaban J connectivity index is 3.07. The molecule has 0 spiro atoms. The van der Waals surface area contributed by atoms with Crippen LogP contribution in [0.15, 0.2) is 11.3 Å². The Morgan fingerprint density at radius 1 is 1.18 bits per heavy atom. The van der Waals surface area contributed by atoms with E-state index in [1.807, 2.05) is 0 Å². The Hall–Kier alpha value is -1.12. The van der Waals surface area contributed by atoms with Gasteiger partial charge >= 0.3 is 0 Å². The molecule has 0 saturated carbocycles. The first-order chi connectivity index (χ1) is 5.04. The molecule has 1 rings (SSSR count). The lowest BCUT2D eigenvalue weighted by molar-refractivity contribution is -0.121. The van der Waals surface area contributed by atoms with Gasteiger partial charge in [-0.25, -0.2) is 0 Å². The molecule has 3 heteroatoms. The number of allylic oxidation sites excluding steroid dienone is 2. The van der Waals surface area contributed by atoms with Gasteiger partial charge in [-0.1, -0.05) is 0 Å². The van der Waals surface area contributed by atoms with Gasteiger partial charge in [-0.05, 0) is 6.92 Å². The highest BCUT2D eigenvalue weighted by Crippen LogP contribution is 2.20. The molecular weight excluding hydrogens is 142 g/mol. The van der Waals surface area contributed by atoms with Gasteiger partial charge in [0.05, 0.1) is 12.1 Å². The fraction of sp³-hybridized carbons (Fsp3) is 0.500. The van der Waals surface area contributed by atoms with Gasteiger partial charge in [0.2, 0.25) is 0 Å². The smallest absolute Gasteiger partial charge is 0.186 e. The summed E-state index contributed by atoms with van der Waals surface area (Å²) < 4.78 is 0. The van der Waals surface area contributed by atoms with Gasteiger partial charge in [-0.15, -0.1) is 0 Å². The number of ketones is 2. The van der Waals surface area contributed by atoms with Crippen molar-refractivity contribution in [3.05, 3.63) is 11.3 Å². The zero-order valence-electron chi connectivity index (χ0n) is 6.97. The molecule has 11 heavy (non-hydrogen) atoms. The molecule has 60 valence electrons. The van der Waals surface area contributed by atoms with Crippen LogP contribution in [0.5, 0.6) is 0 Å². The number of carbonyl (C=O) groups is 2. The lowest BCUT2D eigenvalue weighted by Gasteiger charge is -2.12. The fourth-order valence-corrected chi connectivity index (χ4v) is 1.29. The molecule has 0 unspecified atom stereocenters. The fourth-order valence-electron chi connectivity index (χ4n) is 1.29. The summed E-state index contributed by atoms with van der Waals surface area (Å²) in [6, 6.07) is 0. The second-order valence-corrected chi connectivity index (χ2v) is 2.89. The third kappa shape index (κ3) is 1.18. The van der Waals surface area contributed by atoms with Crippen molar-refractivity contribution in [1.82, 2.24) is 4.90 Å². The first kappa shape index (κ1) is 7.98. The standard InChI is InChI=1S/C8H11NO2/c1-5-6(10)4-7(11)8(5)9(2)3/h4H2,1-3H3. The summed E-state index contributed by atoms with van der Waals surface area (Å²) in [5, 5.41) is 0. The maximum atomic E-state index is 11.1. The number of Topliss-reactive ketones (excluding diaryl/α,β-unsaturated/α-hetero) is 2. The second-order valence-electron chi connectivity index (χ2n) is 2.89. The van der Waals surface area contributed by atoms with Crippen LogP contribution in [-0.2, 0) is 9.59 Å². The van der Waals surface area contributed by atoms with E-state index in [0.29, 0.717) is 11.3 Å². The normalized spacial score (nSPS) is 18.1. The van der Waals surface area contributed by atoms with Crippen LogP contribution in [0.1, 0.15) is 13.3 Å². The van der Waals surface area contributed by atoms with Crippen molar-refractivity contribution in [3.8, 4) is 0 Å². The molecule has 0 atom stereocenters. The summed E-state index contributed by atoms with van der Waals surface area (Å²) in [6.07, 6.45) is 0.0549. The minimum atomic E-state index is -0.0579. The maximum absolute atomic E-state index is 11.1. The van der Waals surface area contributed by atoms with Crippen LogP contribution in [0.3, 0.4) is 0 Å². The highest BCUT2D eigenvalue weighted by atomic mass is 16.2. The SMILES string of the molecule is CC1=C(N(C)C)C(=O)CC1=O. The van der Waals surface area contributed by atoms with E-state index in [1.165, 1.54) is 0 Å². The Bertz CT molecular complexity index is 251. The lowest BCUT2D eigenvalue weighted by Crippen LogP contribution is -2.16. The van der Waals surface area contributed by atoms with E-state index in [1.54, 1.807) is 25.9 Å². The molecule has 0 radical (unpaired) electrons. The molecule has 0 fully saturated rings. The summed E-state index contributed by atoms with van der Waals surface area (Å²) in [6.45, 7) is 1.70. The van der Waals surface area contributed by atoms with Crippen LogP contribution in [0.25, 0.3) is 0 Å². The van der Waals surface area contributed by atoms with E-state index in [4.69, 9.17) is 0 Å².